The number of hydrogen-bond donors (Lipinski definition) is 1. The van der Waals surface area contributed by atoms with Crippen LogP contribution in [0.4, 0.5) is 5.82 Å². The van der Waals surface area contributed by atoms with Crippen LogP contribution in [0.5, 0.6) is 0 Å². The summed E-state index contributed by atoms with van der Waals surface area (Å²) in [6.07, 6.45) is 0. The Kier molecular flexibility index (Phi) is 2.69. The van der Waals surface area contributed by atoms with Crippen LogP contribution < -0.4 is 5.73 Å². The minimum atomic E-state index is 0.529. The quantitative estimate of drug-likeness (QED) is 0.837. The van der Waals surface area contributed by atoms with Crippen LogP contribution in [-0.2, 0) is 7.05 Å². The van der Waals surface area contributed by atoms with E-state index in [1.165, 1.54) is 5.56 Å². The molecule has 2 rings (SSSR count). The smallest absolute Gasteiger partial charge is 0.121 e. The fourth-order valence-corrected chi connectivity index (χ4v) is 1.68. The third-order valence-corrected chi connectivity index (χ3v) is 2.77. The number of nitrogens with two attached hydrogens (primary N) is 1. The molecule has 1 aromatic heterocycles. The van der Waals surface area contributed by atoms with E-state index in [0.717, 1.165) is 11.3 Å². The lowest BCUT2D eigenvalue weighted by Crippen LogP contribution is -1.96. The van der Waals surface area contributed by atoms with Gasteiger partial charge < -0.3 is 5.73 Å². The van der Waals surface area contributed by atoms with Crippen molar-refractivity contribution in [1.82, 2.24) is 9.78 Å². The van der Waals surface area contributed by atoms with Crippen LogP contribution in [0.25, 0.3) is 11.3 Å². The van der Waals surface area contributed by atoms with Crippen LogP contribution in [-0.4, -0.2) is 9.78 Å². The number of benzene rings is 1. The van der Waals surface area contributed by atoms with Crippen molar-refractivity contribution in [2.24, 2.45) is 7.05 Å². The van der Waals surface area contributed by atoms with E-state index in [9.17, 15) is 0 Å². The maximum atomic E-state index is 5.78. The Morgan fingerprint density at radius 3 is 2.56 bits per heavy atom. The summed E-state index contributed by atoms with van der Waals surface area (Å²) < 4.78 is 1.69. The van der Waals surface area contributed by atoms with Crippen molar-refractivity contribution in [3.8, 4) is 11.3 Å². The van der Waals surface area contributed by atoms with Gasteiger partial charge in [0, 0.05) is 18.7 Å². The number of aryl methyl sites for hydroxylation is 1. The monoisotopic (exact) mass is 215 g/mol. The van der Waals surface area contributed by atoms with Gasteiger partial charge in [0.2, 0.25) is 0 Å². The molecule has 0 saturated heterocycles. The molecule has 0 unspecified atom stereocenters. The van der Waals surface area contributed by atoms with Gasteiger partial charge in [0.05, 0.1) is 5.69 Å². The molecule has 0 aliphatic rings. The fraction of sp³-hybridized carbons (Fsp3) is 0.308. The van der Waals surface area contributed by atoms with E-state index >= 15 is 0 Å². The Morgan fingerprint density at radius 2 is 2.00 bits per heavy atom. The van der Waals surface area contributed by atoms with Gasteiger partial charge in [0.1, 0.15) is 5.82 Å². The summed E-state index contributed by atoms with van der Waals surface area (Å²) in [5.41, 5.74) is 9.15. The van der Waals surface area contributed by atoms with Gasteiger partial charge in [0.15, 0.2) is 0 Å². The highest BCUT2D eigenvalue weighted by Gasteiger charge is 2.06. The molecule has 0 amide bonds. The van der Waals surface area contributed by atoms with E-state index in [1.807, 2.05) is 13.1 Å². The third-order valence-electron chi connectivity index (χ3n) is 2.77. The zero-order chi connectivity index (χ0) is 11.7. The molecule has 3 heteroatoms. The molecule has 0 atom stereocenters. The molecule has 0 aliphatic carbocycles. The molecule has 0 aliphatic heterocycles. The minimum Gasteiger partial charge on any atom is -0.384 e. The van der Waals surface area contributed by atoms with Crippen LogP contribution in [0.1, 0.15) is 25.3 Å². The van der Waals surface area contributed by atoms with Gasteiger partial charge in [0.25, 0.3) is 0 Å². The summed E-state index contributed by atoms with van der Waals surface area (Å²) in [5.74, 6) is 1.21. The molecule has 1 heterocycles. The van der Waals surface area contributed by atoms with Crippen LogP contribution in [0.15, 0.2) is 30.3 Å². The molecule has 0 saturated carbocycles. The van der Waals surface area contributed by atoms with Crippen LogP contribution in [0, 0.1) is 0 Å². The first-order chi connectivity index (χ1) is 7.58. The van der Waals surface area contributed by atoms with Gasteiger partial charge in [-0.3, -0.25) is 4.68 Å². The normalized spacial score (nSPS) is 11.0. The minimum absolute atomic E-state index is 0.529. The van der Waals surface area contributed by atoms with E-state index in [0.29, 0.717) is 11.7 Å². The molecule has 0 bridgehead atoms. The molecular formula is C13H17N3. The van der Waals surface area contributed by atoms with Gasteiger partial charge in [-0.1, -0.05) is 32.0 Å². The fourth-order valence-electron chi connectivity index (χ4n) is 1.68. The Bertz CT molecular complexity index is 478. The van der Waals surface area contributed by atoms with Crippen molar-refractivity contribution in [1.29, 1.82) is 0 Å². The summed E-state index contributed by atoms with van der Waals surface area (Å²) in [6, 6.07) is 10.3. The second kappa shape index (κ2) is 4.00. The zero-order valence-electron chi connectivity index (χ0n) is 9.94. The summed E-state index contributed by atoms with van der Waals surface area (Å²) in [4.78, 5) is 0. The number of hydrogen-bond acceptors (Lipinski definition) is 2. The highest BCUT2D eigenvalue weighted by Crippen LogP contribution is 2.23. The Labute approximate surface area is 95.9 Å². The lowest BCUT2D eigenvalue weighted by molar-refractivity contribution is 0.782. The Balaban J connectivity index is 2.44. The molecule has 0 fully saturated rings. The summed E-state index contributed by atoms with van der Waals surface area (Å²) in [7, 11) is 1.85. The van der Waals surface area contributed by atoms with E-state index in [1.54, 1.807) is 4.68 Å². The molecule has 1 aromatic carbocycles. The van der Waals surface area contributed by atoms with Crippen LogP contribution in [0.2, 0.25) is 0 Å². The average molecular weight is 215 g/mol. The van der Waals surface area contributed by atoms with Crippen molar-refractivity contribution < 1.29 is 0 Å². The molecule has 2 aromatic rings. The maximum absolute atomic E-state index is 5.78. The van der Waals surface area contributed by atoms with Crippen molar-refractivity contribution in [3.63, 3.8) is 0 Å². The largest absolute Gasteiger partial charge is 0.384 e. The second-order valence-corrected chi connectivity index (χ2v) is 4.36. The molecule has 0 radical (unpaired) electrons. The number of nitrogens with zero attached hydrogens (tertiary/aromatic N) is 2. The SMILES string of the molecule is CC(C)c1cccc(-c2cc(N)n(C)n2)c1. The number of aromatic nitrogens is 2. The molecule has 16 heavy (non-hydrogen) atoms. The Morgan fingerprint density at radius 1 is 1.25 bits per heavy atom. The van der Waals surface area contributed by atoms with Gasteiger partial charge >= 0.3 is 0 Å². The van der Waals surface area contributed by atoms with Crippen molar-refractivity contribution >= 4 is 5.82 Å². The van der Waals surface area contributed by atoms with Gasteiger partial charge in [-0.15, -0.1) is 0 Å². The highest BCUT2D eigenvalue weighted by atomic mass is 15.3. The topological polar surface area (TPSA) is 43.8 Å². The van der Waals surface area contributed by atoms with Crippen molar-refractivity contribution in [3.05, 3.63) is 35.9 Å². The van der Waals surface area contributed by atoms with E-state index in [-0.39, 0.29) is 0 Å². The van der Waals surface area contributed by atoms with Crippen LogP contribution in [0.3, 0.4) is 0 Å². The number of anilines is 1. The van der Waals surface area contributed by atoms with E-state index in [2.05, 4.69) is 43.2 Å². The highest BCUT2D eigenvalue weighted by molar-refractivity contribution is 5.63. The van der Waals surface area contributed by atoms with Crippen molar-refractivity contribution in [2.45, 2.75) is 19.8 Å². The summed E-state index contributed by atoms with van der Waals surface area (Å²) in [6.45, 7) is 4.37. The molecular weight excluding hydrogens is 198 g/mol. The predicted octanol–water partition coefficient (Wildman–Crippen LogP) is 2.79. The van der Waals surface area contributed by atoms with Gasteiger partial charge in [-0.05, 0) is 17.5 Å². The first kappa shape index (κ1) is 10.7. The Hall–Kier alpha value is -1.77. The lowest BCUT2D eigenvalue weighted by atomic mass is 10.00. The standard InChI is InChI=1S/C13H17N3/c1-9(2)10-5-4-6-11(7-10)12-8-13(14)16(3)15-12/h4-9H,14H2,1-3H3. The maximum Gasteiger partial charge on any atom is 0.121 e. The average Bonchev–Trinajstić information content (AvgIpc) is 2.59. The first-order valence-electron chi connectivity index (χ1n) is 5.48. The van der Waals surface area contributed by atoms with Gasteiger partial charge in [-0.25, -0.2) is 0 Å². The number of nitrogen functional groups attached to an aromatic ring is 1. The predicted molar refractivity (Wildman–Crippen MR) is 67.1 cm³/mol. The van der Waals surface area contributed by atoms with E-state index < -0.39 is 0 Å². The van der Waals surface area contributed by atoms with E-state index in [4.69, 9.17) is 5.73 Å². The first-order valence-corrected chi connectivity index (χ1v) is 5.48. The van der Waals surface area contributed by atoms with Crippen LogP contribution >= 0.6 is 0 Å². The molecule has 3 nitrogen and oxygen atoms in total. The van der Waals surface area contributed by atoms with Crippen molar-refractivity contribution in [2.75, 3.05) is 5.73 Å². The van der Waals surface area contributed by atoms with Gasteiger partial charge in [-0.2, -0.15) is 5.10 Å². The summed E-state index contributed by atoms with van der Waals surface area (Å²) in [5, 5.41) is 4.37. The number of rotatable bonds is 2. The second-order valence-electron chi connectivity index (χ2n) is 4.36. The third kappa shape index (κ3) is 1.94. The zero-order valence-corrected chi connectivity index (χ0v) is 9.94. The molecule has 2 N–H and O–H groups in total. The molecule has 84 valence electrons. The molecule has 0 spiro atoms. The lowest BCUT2D eigenvalue weighted by Gasteiger charge is -2.06. The summed E-state index contributed by atoms with van der Waals surface area (Å²) >= 11 is 0.